The number of fused-ring (bicyclic) bond motifs is 1. The molecule has 1 aliphatic heterocycles. The van der Waals surface area contributed by atoms with E-state index in [2.05, 4.69) is 25.5 Å². The first-order valence-electron chi connectivity index (χ1n) is 9.77. The second-order valence-electron chi connectivity index (χ2n) is 6.84. The van der Waals surface area contributed by atoms with Gasteiger partial charge in [-0.3, -0.25) is 4.68 Å². The lowest BCUT2D eigenvalue weighted by molar-refractivity contribution is -0.0505. The van der Waals surface area contributed by atoms with E-state index in [-0.39, 0.29) is 19.1 Å². The predicted octanol–water partition coefficient (Wildman–Crippen LogP) is 2.66. The monoisotopic (exact) mass is 423 g/mol. The molecule has 2 aromatic rings. The van der Waals surface area contributed by atoms with Gasteiger partial charge in [-0.25, -0.2) is 4.99 Å². The Balaban J connectivity index is 1.69. The number of aromatic nitrogens is 2. The van der Waals surface area contributed by atoms with Crippen LogP contribution in [0.1, 0.15) is 29.4 Å². The summed E-state index contributed by atoms with van der Waals surface area (Å²) in [4.78, 5) is 4.51. The van der Waals surface area contributed by atoms with Gasteiger partial charge in [-0.1, -0.05) is 0 Å². The lowest BCUT2D eigenvalue weighted by atomic mass is 10.1. The highest BCUT2D eigenvalue weighted by molar-refractivity contribution is 5.79. The number of hydrogen-bond acceptors (Lipinski definition) is 5. The first-order chi connectivity index (χ1) is 14.4. The molecule has 0 radical (unpaired) electrons. The molecule has 2 N–H and O–H groups in total. The zero-order valence-electron chi connectivity index (χ0n) is 17.6. The van der Waals surface area contributed by atoms with E-state index >= 15 is 0 Å². The number of halogens is 2. The van der Waals surface area contributed by atoms with Crippen LogP contribution >= 0.6 is 0 Å². The van der Waals surface area contributed by atoms with Crippen molar-refractivity contribution in [1.82, 2.24) is 20.4 Å². The molecule has 1 aromatic carbocycles. The van der Waals surface area contributed by atoms with Gasteiger partial charge < -0.3 is 24.8 Å². The minimum Gasteiger partial charge on any atom is -0.454 e. The maximum atomic E-state index is 12.8. The Morgan fingerprint density at radius 3 is 2.63 bits per heavy atom. The maximum Gasteiger partial charge on any atom is 0.387 e. The molecule has 0 saturated carbocycles. The zero-order valence-corrected chi connectivity index (χ0v) is 17.6. The van der Waals surface area contributed by atoms with Crippen LogP contribution in [0.5, 0.6) is 17.2 Å². The van der Waals surface area contributed by atoms with Crippen LogP contribution in [-0.4, -0.2) is 42.2 Å². The topological polar surface area (TPSA) is 81.9 Å². The molecule has 8 nitrogen and oxygen atoms in total. The summed E-state index contributed by atoms with van der Waals surface area (Å²) in [6.45, 7) is 4.56. The molecule has 0 unspecified atom stereocenters. The summed E-state index contributed by atoms with van der Waals surface area (Å²) >= 11 is 0. The van der Waals surface area contributed by atoms with E-state index in [1.807, 2.05) is 32.5 Å². The van der Waals surface area contributed by atoms with Gasteiger partial charge in [0, 0.05) is 37.5 Å². The number of aryl methyl sites for hydroxylation is 2. The van der Waals surface area contributed by atoms with E-state index in [0.29, 0.717) is 36.1 Å². The number of rotatable bonds is 8. The van der Waals surface area contributed by atoms with E-state index in [1.54, 1.807) is 6.07 Å². The fourth-order valence-corrected chi connectivity index (χ4v) is 3.29. The number of alkyl halides is 2. The second-order valence-corrected chi connectivity index (χ2v) is 6.84. The van der Waals surface area contributed by atoms with Crippen molar-refractivity contribution in [2.24, 2.45) is 12.0 Å². The number of nitrogens with one attached hydrogen (secondary N) is 2. The molecule has 0 atom stereocenters. The molecular weight excluding hydrogens is 396 g/mol. The minimum absolute atomic E-state index is 0.0236. The van der Waals surface area contributed by atoms with Gasteiger partial charge in [-0.05, 0) is 38.8 Å². The Labute approximate surface area is 174 Å². The number of aliphatic imine (C=N–C) groups is 1. The highest BCUT2D eigenvalue weighted by atomic mass is 19.3. The van der Waals surface area contributed by atoms with Crippen molar-refractivity contribution < 1.29 is 23.0 Å². The Kier molecular flexibility index (Phi) is 6.96. The van der Waals surface area contributed by atoms with Crippen LogP contribution in [0, 0.1) is 13.8 Å². The zero-order chi connectivity index (χ0) is 21.7. The fraction of sp³-hybridized carbons (Fsp3) is 0.500. The first-order valence-corrected chi connectivity index (χ1v) is 9.77. The summed E-state index contributed by atoms with van der Waals surface area (Å²) < 4.78 is 42.7. The fourth-order valence-electron chi connectivity index (χ4n) is 3.29. The molecule has 10 heteroatoms. The lowest BCUT2D eigenvalue weighted by Gasteiger charge is -2.13. The van der Waals surface area contributed by atoms with Gasteiger partial charge >= 0.3 is 6.61 Å². The van der Waals surface area contributed by atoms with Crippen molar-refractivity contribution in [2.45, 2.75) is 40.3 Å². The summed E-state index contributed by atoms with van der Waals surface area (Å²) in [6.07, 6.45) is 0.791. The molecule has 1 aromatic heterocycles. The number of ether oxygens (including phenoxy) is 3. The Morgan fingerprint density at radius 2 is 2.00 bits per heavy atom. The number of hydrogen-bond donors (Lipinski definition) is 2. The lowest BCUT2D eigenvalue weighted by Crippen LogP contribution is -2.38. The number of guanidine groups is 1. The quantitative estimate of drug-likeness (QED) is 0.502. The standard InChI is InChI=1S/C20H27F2N5O3/c1-5-23-20(24-7-6-15-12(2)26-27(4)13(15)3)25-10-14-8-17-18(29-11-28-17)9-16(14)30-19(21)22/h8-9,19H,5-7,10-11H2,1-4H3,(H2,23,24,25). The number of nitrogens with zero attached hydrogens (tertiary/aromatic N) is 3. The summed E-state index contributed by atoms with van der Waals surface area (Å²) in [6, 6.07) is 3.03. The Hall–Kier alpha value is -3.04. The SMILES string of the molecule is CCNC(=NCc1cc2c(cc1OC(F)F)OCO2)NCCc1c(C)nn(C)c1C. The third-order valence-electron chi connectivity index (χ3n) is 4.85. The normalized spacial score (nSPS) is 13.1. The molecule has 0 amide bonds. The van der Waals surface area contributed by atoms with E-state index in [1.165, 1.54) is 11.6 Å². The summed E-state index contributed by atoms with van der Waals surface area (Å²) in [5.41, 5.74) is 3.82. The Bertz CT molecular complexity index is 914. The van der Waals surface area contributed by atoms with Crippen LogP contribution in [0.2, 0.25) is 0 Å². The third-order valence-corrected chi connectivity index (χ3v) is 4.85. The minimum atomic E-state index is -2.94. The van der Waals surface area contributed by atoms with Crippen molar-refractivity contribution in [1.29, 1.82) is 0 Å². The van der Waals surface area contributed by atoms with Gasteiger partial charge in [0.25, 0.3) is 0 Å². The van der Waals surface area contributed by atoms with E-state index in [9.17, 15) is 8.78 Å². The van der Waals surface area contributed by atoms with E-state index in [4.69, 9.17) is 9.47 Å². The van der Waals surface area contributed by atoms with E-state index in [0.717, 1.165) is 17.8 Å². The number of benzene rings is 1. The molecule has 2 heterocycles. The van der Waals surface area contributed by atoms with Crippen molar-refractivity contribution in [3.05, 3.63) is 34.6 Å². The third kappa shape index (κ3) is 5.11. The molecule has 164 valence electrons. The van der Waals surface area contributed by atoms with Crippen molar-refractivity contribution >= 4 is 5.96 Å². The van der Waals surface area contributed by atoms with E-state index < -0.39 is 6.61 Å². The molecule has 0 aliphatic carbocycles. The smallest absolute Gasteiger partial charge is 0.387 e. The van der Waals surface area contributed by atoms with Crippen LogP contribution in [0.3, 0.4) is 0 Å². The average Bonchev–Trinajstić information content (AvgIpc) is 3.24. The maximum absolute atomic E-state index is 12.8. The second kappa shape index (κ2) is 9.64. The van der Waals surface area contributed by atoms with Crippen LogP contribution in [0.25, 0.3) is 0 Å². The molecule has 0 bridgehead atoms. The molecule has 0 fully saturated rings. The molecule has 1 aliphatic rings. The van der Waals surface area contributed by atoms with Gasteiger partial charge in [0.1, 0.15) is 5.75 Å². The molecule has 0 spiro atoms. The summed E-state index contributed by atoms with van der Waals surface area (Å²) in [5.74, 6) is 1.47. The molecule has 3 rings (SSSR count). The van der Waals surface area contributed by atoms with Crippen molar-refractivity contribution in [3.8, 4) is 17.2 Å². The van der Waals surface area contributed by atoms with Crippen LogP contribution in [0.15, 0.2) is 17.1 Å². The molecular formula is C20H27F2N5O3. The van der Waals surface area contributed by atoms with Gasteiger partial charge in [0.05, 0.1) is 12.2 Å². The first kappa shape index (κ1) is 21.7. The van der Waals surface area contributed by atoms with Crippen molar-refractivity contribution in [3.63, 3.8) is 0 Å². The molecule has 0 saturated heterocycles. The molecule has 30 heavy (non-hydrogen) atoms. The largest absolute Gasteiger partial charge is 0.454 e. The van der Waals surface area contributed by atoms with Gasteiger partial charge in [-0.15, -0.1) is 0 Å². The average molecular weight is 423 g/mol. The van der Waals surface area contributed by atoms with Crippen LogP contribution < -0.4 is 24.8 Å². The van der Waals surface area contributed by atoms with Crippen molar-refractivity contribution in [2.75, 3.05) is 19.9 Å². The van der Waals surface area contributed by atoms with Crippen LogP contribution in [0.4, 0.5) is 8.78 Å². The highest BCUT2D eigenvalue weighted by Crippen LogP contribution is 2.39. The van der Waals surface area contributed by atoms with Crippen LogP contribution in [-0.2, 0) is 20.0 Å². The summed E-state index contributed by atoms with van der Waals surface area (Å²) in [5, 5.41) is 10.9. The van der Waals surface area contributed by atoms with Gasteiger partial charge in [-0.2, -0.15) is 13.9 Å². The summed E-state index contributed by atoms with van der Waals surface area (Å²) in [7, 11) is 1.93. The van der Waals surface area contributed by atoms with Gasteiger partial charge in [0.15, 0.2) is 17.5 Å². The Morgan fingerprint density at radius 1 is 1.27 bits per heavy atom. The predicted molar refractivity (Wildman–Crippen MR) is 108 cm³/mol. The highest BCUT2D eigenvalue weighted by Gasteiger charge is 2.20. The van der Waals surface area contributed by atoms with Gasteiger partial charge in [0.2, 0.25) is 6.79 Å².